The van der Waals surface area contributed by atoms with Crippen molar-refractivity contribution in [2.24, 2.45) is 0 Å². The van der Waals surface area contributed by atoms with Crippen LogP contribution >= 0.6 is 0 Å². The molecular formula is C15H25N3O. The van der Waals surface area contributed by atoms with Gasteiger partial charge in [-0.15, -0.1) is 6.58 Å². The third kappa shape index (κ3) is 5.85. The van der Waals surface area contributed by atoms with Crippen LogP contribution in [0.5, 0.6) is 0 Å². The zero-order valence-corrected chi connectivity index (χ0v) is 12.2. The number of nitrogens with one attached hydrogen (secondary N) is 1. The molecule has 0 aromatic carbocycles. The Morgan fingerprint density at radius 2 is 2.16 bits per heavy atom. The fraction of sp³-hybridized carbons (Fsp3) is 0.533. The molecule has 0 spiro atoms. The molecule has 0 fully saturated rings. The van der Waals surface area contributed by atoms with Crippen LogP contribution in [0.25, 0.3) is 0 Å². The average molecular weight is 263 g/mol. The molecule has 19 heavy (non-hydrogen) atoms. The zero-order chi connectivity index (χ0) is 14.3. The molecular weight excluding hydrogens is 238 g/mol. The summed E-state index contributed by atoms with van der Waals surface area (Å²) in [5.74, 6) is 0.877. The average Bonchev–Trinajstić information content (AvgIpc) is 2.36. The van der Waals surface area contributed by atoms with Gasteiger partial charge in [0.2, 0.25) is 0 Å². The first-order chi connectivity index (χ1) is 8.96. The number of hydrogen-bond donors (Lipinski definition) is 2. The van der Waals surface area contributed by atoms with Gasteiger partial charge < -0.3 is 15.3 Å². The van der Waals surface area contributed by atoms with Crippen molar-refractivity contribution in [3.8, 4) is 0 Å². The van der Waals surface area contributed by atoms with Crippen molar-refractivity contribution >= 4 is 5.82 Å². The first-order valence-corrected chi connectivity index (χ1v) is 6.64. The molecule has 0 unspecified atom stereocenters. The van der Waals surface area contributed by atoms with Gasteiger partial charge in [0.05, 0.1) is 12.3 Å². The normalized spacial score (nSPS) is 11.4. The van der Waals surface area contributed by atoms with Gasteiger partial charge in [-0.05, 0) is 32.9 Å². The number of rotatable bonds is 7. The van der Waals surface area contributed by atoms with Crippen molar-refractivity contribution in [2.75, 3.05) is 24.6 Å². The van der Waals surface area contributed by atoms with Gasteiger partial charge >= 0.3 is 0 Å². The topological polar surface area (TPSA) is 48.4 Å². The van der Waals surface area contributed by atoms with E-state index in [2.05, 4.69) is 37.7 Å². The maximum Gasteiger partial charge on any atom is 0.129 e. The summed E-state index contributed by atoms with van der Waals surface area (Å²) in [5, 5.41) is 12.5. The predicted octanol–water partition coefficient (Wildman–Crippen LogP) is 1.95. The number of anilines is 1. The molecule has 2 N–H and O–H groups in total. The van der Waals surface area contributed by atoms with Gasteiger partial charge in [-0.1, -0.05) is 12.1 Å². The van der Waals surface area contributed by atoms with Gasteiger partial charge in [0.1, 0.15) is 5.82 Å². The Hall–Kier alpha value is -1.39. The van der Waals surface area contributed by atoms with Gasteiger partial charge in [-0.2, -0.15) is 0 Å². The highest BCUT2D eigenvalue weighted by molar-refractivity contribution is 5.40. The first-order valence-electron chi connectivity index (χ1n) is 6.64. The Bertz CT molecular complexity index is 399. The van der Waals surface area contributed by atoms with E-state index < -0.39 is 0 Å². The third-order valence-corrected chi connectivity index (χ3v) is 2.64. The zero-order valence-electron chi connectivity index (χ0n) is 12.2. The van der Waals surface area contributed by atoms with E-state index in [4.69, 9.17) is 5.11 Å². The number of pyridine rings is 1. The van der Waals surface area contributed by atoms with Crippen LogP contribution in [0.4, 0.5) is 5.82 Å². The lowest BCUT2D eigenvalue weighted by Crippen LogP contribution is -2.35. The minimum atomic E-state index is 0.0730. The van der Waals surface area contributed by atoms with Gasteiger partial charge in [0.15, 0.2) is 0 Å². The second-order valence-corrected chi connectivity index (χ2v) is 5.55. The lowest BCUT2D eigenvalue weighted by atomic mass is 10.1. The van der Waals surface area contributed by atoms with Crippen LogP contribution < -0.4 is 10.2 Å². The van der Waals surface area contributed by atoms with Crippen LogP contribution in [0.1, 0.15) is 26.5 Å². The van der Waals surface area contributed by atoms with Crippen LogP contribution in [0.2, 0.25) is 0 Å². The van der Waals surface area contributed by atoms with Crippen molar-refractivity contribution < 1.29 is 5.11 Å². The Morgan fingerprint density at radius 1 is 1.42 bits per heavy atom. The molecule has 0 radical (unpaired) electrons. The maximum atomic E-state index is 9.09. The SMILES string of the molecule is C=CCN(CCO)c1cccc(CNC(C)(C)C)n1. The van der Waals surface area contributed by atoms with Crippen molar-refractivity contribution in [3.05, 3.63) is 36.5 Å². The fourth-order valence-corrected chi connectivity index (χ4v) is 1.67. The van der Waals surface area contributed by atoms with E-state index in [9.17, 15) is 0 Å². The number of nitrogens with zero attached hydrogens (tertiary/aromatic N) is 2. The molecule has 0 bridgehead atoms. The molecule has 1 aromatic rings. The number of aromatic nitrogens is 1. The number of hydrogen-bond acceptors (Lipinski definition) is 4. The summed E-state index contributed by atoms with van der Waals surface area (Å²) in [6, 6.07) is 5.96. The van der Waals surface area contributed by atoms with E-state index in [1.807, 2.05) is 29.2 Å². The number of aliphatic hydroxyl groups is 1. The predicted molar refractivity (Wildman–Crippen MR) is 80.3 cm³/mol. The van der Waals surface area contributed by atoms with Crippen molar-refractivity contribution in [1.29, 1.82) is 0 Å². The van der Waals surface area contributed by atoms with Gasteiger partial charge in [0.25, 0.3) is 0 Å². The van der Waals surface area contributed by atoms with E-state index in [1.54, 1.807) is 0 Å². The summed E-state index contributed by atoms with van der Waals surface area (Å²) in [5.41, 5.74) is 1.07. The highest BCUT2D eigenvalue weighted by Crippen LogP contribution is 2.12. The molecule has 0 aliphatic carbocycles. The highest BCUT2D eigenvalue weighted by Gasteiger charge is 2.10. The lowest BCUT2D eigenvalue weighted by molar-refractivity contribution is 0.302. The Morgan fingerprint density at radius 3 is 2.74 bits per heavy atom. The van der Waals surface area contributed by atoms with Crippen LogP contribution in [0.3, 0.4) is 0 Å². The molecule has 1 aromatic heterocycles. The van der Waals surface area contributed by atoms with E-state index in [1.165, 1.54) is 0 Å². The van der Waals surface area contributed by atoms with Gasteiger partial charge in [-0.3, -0.25) is 0 Å². The molecule has 0 amide bonds. The second-order valence-electron chi connectivity index (χ2n) is 5.55. The molecule has 0 aliphatic heterocycles. The van der Waals surface area contributed by atoms with Crippen LogP contribution in [0, 0.1) is 0 Å². The van der Waals surface area contributed by atoms with Gasteiger partial charge in [-0.25, -0.2) is 4.98 Å². The lowest BCUT2D eigenvalue weighted by Gasteiger charge is -2.23. The Balaban J connectivity index is 2.76. The van der Waals surface area contributed by atoms with Crippen LogP contribution in [-0.2, 0) is 6.54 Å². The van der Waals surface area contributed by atoms with Crippen molar-refractivity contribution in [2.45, 2.75) is 32.9 Å². The van der Waals surface area contributed by atoms with E-state index >= 15 is 0 Å². The molecule has 0 aliphatic rings. The Kier molecular flexibility index (Phi) is 5.99. The number of aliphatic hydroxyl groups excluding tert-OH is 1. The molecule has 0 atom stereocenters. The van der Waals surface area contributed by atoms with Crippen LogP contribution in [0.15, 0.2) is 30.9 Å². The van der Waals surface area contributed by atoms with Crippen molar-refractivity contribution in [3.63, 3.8) is 0 Å². The minimum absolute atomic E-state index is 0.0730. The smallest absolute Gasteiger partial charge is 0.129 e. The minimum Gasteiger partial charge on any atom is -0.395 e. The standard InChI is InChI=1S/C15H25N3O/c1-5-9-18(10-11-19)14-8-6-7-13(17-14)12-16-15(2,3)4/h5-8,16,19H,1,9-12H2,2-4H3. The molecule has 0 saturated carbocycles. The fourth-order valence-electron chi connectivity index (χ4n) is 1.67. The second kappa shape index (κ2) is 7.26. The molecule has 1 heterocycles. The summed E-state index contributed by atoms with van der Waals surface area (Å²) in [6.45, 7) is 12.2. The maximum absolute atomic E-state index is 9.09. The summed E-state index contributed by atoms with van der Waals surface area (Å²) < 4.78 is 0. The highest BCUT2D eigenvalue weighted by atomic mass is 16.3. The van der Waals surface area contributed by atoms with Crippen molar-refractivity contribution in [1.82, 2.24) is 10.3 Å². The van der Waals surface area contributed by atoms with Gasteiger partial charge in [0, 0.05) is 25.2 Å². The van der Waals surface area contributed by atoms with E-state index in [0.717, 1.165) is 18.1 Å². The van der Waals surface area contributed by atoms with E-state index in [0.29, 0.717) is 13.1 Å². The molecule has 1 rings (SSSR count). The molecule has 0 saturated heterocycles. The summed E-state index contributed by atoms with van der Waals surface area (Å²) in [4.78, 5) is 6.63. The largest absolute Gasteiger partial charge is 0.395 e. The summed E-state index contributed by atoms with van der Waals surface area (Å²) >= 11 is 0. The molecule has 4 nitrogen and oxygen atoms in total. The summed E-state index contributed by atoms with van der Waals surface area (Å²) in [7, 11) is 0. The molecule has 106 valence electrons. The monoisotopic (exact) mass is 263 g/mol. The van der Waals surface area contributed by atoms with E-state index in [-0.39, 0.29) is 12.1 Å². The van der Waals surface area contributed by atoms with Crippen LogP contribution in [-0.4, -0.2) is 35.3 Å². The summed E-state index contributed by atoms with van der Waals surface area (Å²) in [6.07, 6.45) is 1.82. The first kappa shape index (κ1) is 15.7. The quantitative estimate of drug-likeness (QED) is 0.738. The third-order valence-electron chi connectivity index (χ3n) is 2.64. The Labute approximate surface area is 116 Å². The molecule has 4 heteroatoms.